The van der Waals surface area contributed by atoms with Crippen LogP contribution < -0.4 is 9.64 Å². The summed E-state index contributed by atoms with van der Waals surface area (Å²) in [5, 5.41) is 0. The molecule has 0 aromatic heterocycles. The van der Waals surface area contributed by atoms with Crippen LogP contribution in [0.4, 0.5) is 5.69 Å². The molecule has 36 heavy (non-hydrogen) atoms. The monoisotopic (exact) mass is 489 g/mol. The number of para-hydroxylation sites is 1. The molecule has 7 nitrogen and oxygen atoms in total. The lowest BCUT2D eigenvalue weighted by Gasteiger charge is -2.37. The average Bonchev–Trinajstić information content (AvgIpc) is 3.14. The minimum Gasteiger partial charge on any atom is -0.496 e. The highest BCUT2D eigenvalue weighted by Gasteiger charge is 2.42. The number of ether oxygens (including phenoxy) is 1. The first-order valence-electron chi connectivity index (χ1n) is 13.2. The number of carbonyl (C=O) groups excluding carboxylic acids is 3. The number of piperazine rings is 1. The Morgan fingerprint density at radius 2 is 1.56 bits per heavy atom. The lowest BCUT2D eigenvalue weighted by atomic mass is 9.95. The number of fused-ring (bicyclic) bond motifs is 1. The Morgan fingerprint density at radius 1 is 0.861 bits per heavy atom. The zero-order chi connectivity index (χ0) is 25.1. The second-order valence-electron chi connectivity index (χ2n) is 10.0. The molecule has 0 radical (unpaired) electrons. The van der Waals surface area contributed by atoms with Crippen LogP contribution in [0.3, 0.4) is 0 Å². The Bertz CT molecular complexity index is 1130. The van der Waals surface area contributed by atoms with Gasteiger partial charge in [0.1, 0.15) is 5.75 Å². The van der Waals surface area contributed by atoms with E-state index < -0.39 is 0 Å². The quantitative estimate of drug-likeness (QED) is 0.586. The summed E-state index contributed by atoms with van der Waals surface area (Å²) < 4.78 is 5.39. The topological polar surface area (TPSA) is 70.2 Å². The molecule has 190 valence electrons. The van der Waals surface area contributed by atoms with Crippen molar-refractivity contribution in [2.24, 2.45) is 0 Å². The summed E-state index contributed by atoms with van der Waals surface area (Å²) in [6, 6.07) is 13.2. The molecule has 2 aromatic carbocycles. The van der Waals surface area contributed by atoms with Crippen LogP contribution in [0, 0.1) is 0 Å². The van der Waals surface area contributed by atoms with Gasteiger partial charge in [0.2, 0.25) is 5.91 Å². The minimum absolute atomic E-state index is 0.00463. The van der Waals surface area contributed by atoms with E-state index in [0.717, 1.165) is 42.7 Å². The summed E-state index contributed by atoms with van der Waals surface area (Å²) >= 11 is 0. The van der Waals surface area contributed by atoms with Crippen LogP contribution in [0.5, 0.6) is 5.75 Å². The van der Waals surface area contributed by atoms with Crippen LogP contribution in [-0.4, -0.2) is 66.9 Å². The molecule has 0 spiro atoms. The van der Waals surface area contributed by atoms with Crippen LogP contribution >= 0.6 is 0 Å². The number of carbonyl (C=O) groups is 3. The molecule has 1 saturated carbocycles. The van der Waals surface area contributed by atoms with Crippen molar-refractivity contribution in [3.8, 4) is 5.75 Å². The summed E-state index contributed by atoms with van der Waals surface area (Å²) in [6.07, 6.45) is 7.81. The molecule has 2 aliphatic heterocycles. The maximum atomic E-state index is 13.6. The third kappa shape index (κ3) is 4.71. The van der Waals surface area contributed by atoms with E-state index in [4.69, 9.17) is 4.74 Å². The van der Waals surface area contributed by atoms with E-state index in [0.29, 0.717) is 43.7 Å². The van der Waals surface area contributed by atoms with E-state index >= 15 is 0 Å². The van der Waals surface area contributed by atoms with E-state index in [1.807, 2.05) is 41.3 Å². The summed E-state index contributed by atoms with van der Waals surface area (Å²) in [7, 11) is 1.62. The van der Waals surface area contributed by atoms with Crippen molar-refractivity contribution in [1.29, 1.82) is 0 Å². The molecule has 0 unspecified atom stereocenters. The molecule has 2 heterocycles. The first-order valence-corrected chi connectivity index (χ1v) is 13.2. The number of imide groups is 1. The largest absolute Gasteiger partial charge is 0.496 e. The Morgan fingerprint density at radius 3 is 2.28 bits per heavy atom. The van der Waals surface area contributed by atoms with Gasteiger partial charge in [-0.3, -0.25) is 19.3 Å². The normalized spacial score (nSPS) is 19.2. The van der Waals surface area contributed by atoms with Crippen molar-refractivity contribution in [3.05, 3.63) is 59.2 Å². The van der Waals surface area contributed by atoms with Crippen molar-refractivity contribution in [3.63, 3.8) is 0 Å². The number of anilines is 1. The highest BCUT2D eigenvalue weighted by atomic mass is 16.5. The summed E-state index contributed by atoms with van der Waals surface area (Å²) in [6.45, 7) is 2.40. The number of benzene rings is 2. The smallest absolute Gasteiger partial charge is 0.263 e. The fourth-order valence-electron chi connectivity index (χ4n) is 5.89. The number of rotatable bonds is 5. The van der Waals surface area contributed by atoms with Crippen molar-refractivity contribution < 1.29 is 19.1 Å². The zero-order valence-electron chi connectivity index (χ0n) is 21.1. The van der Waals surface area contributed by atoms with Crippen LogP contribution in [0.25, 0.3) is 0 Å². The van der Waals surface area contributed by atoms with Gasteiger partial charge in [-0.15, -0.1) is 0 Å². The zero-order valence-corrected chi connectivity index (χ0v) is 21.1. The van der Waals surface area contributed by atoms with Crippen molar-refractivity contribution in [2.45, 2.75) is 57.4 Å². The van der Waals surface area contributed by atoms with Crippen LogP contribution in [0.1, 0.15) is 71.2 Å². The first kappa shape index (κ1) is 24.3. The van der Waals surface area contributed by atoms with Gasteiger partial charge in [0.25, 0.3) is 11.8 Å². The number of nitrogens with zero attached hydrogens (tertiary/aromatic N) is 3. The second kappa shape index (κ2) is 10.7. The SMILES string of the molecule is COc1ccccc1CC(=O)N1CCN(c2cccc3c2C(=O)N(C2CCCCCCC2)C3=O)CC1. The molecule has 5 rings (SSSR count). The molecule has 0 bridgehead atoms. The van der Waals surface area contributed by atoms with Gasteiger partial charge in [0.05, 0.1) is 30.3 Å². The highest BCUT2D eigenvalue weighted by Crippen LogP contribution is 2.35. The van der Waals surface area contributed by atoms with E-state index in [1.54, 1.807) is 18.1 Å². The Labute approximate surface area is 213 Å². The first-order chi connectivity index (χ1) is 17.6. The minimum atomic E-state index is -0.147. The molecule has 7 heteroatoms. The van der Waals surface area contributed by atoms with E-state index in [9.17, 15) is 14.4 Å². The predicted molar refractivity (Wildman–Crippen MR) is 139 cm³/mol. The lowest BCUT2D eigenvalue weighted by molar-refractivity contribution is -0.130. The summed E-state index contributed by atoms with van der Waals surface area (Å²) in [5.41, 5.74) is 2.76. The molecule has 2 aromatic rings. The van der Waals surface area contributed by atoms with E-state index in [1.165, 1.54) is 19.3 Å². The van der Waals surface area contributed by atoms with Crippen LogP contribution in [0.2, 0.25) is 0 Å². The standard InChI is InChI=1S/C29H35N3O4/c1-36-25-15-8-7-10-21(25)20-26(33)31-18-16-30(17-19-31)24-14-9-13-23-27(24)29(35)32(28(23)34)22-11-5-3-2-4-6-12-22/h7-10,13-15,22H,2-6,11-12,16-20H2,1H3. The number of methoxy groups -OCH3 is 1. The van der Waals surface area contributed by atoms with Crippen molar-refractivity contribution in [2.75, 3.05) is 38.2 Å². The molecular weight excluding hydrogens is 454 g/mol. The summed E-state index contributed by atoms with van der Waals surface area (Å²) in [4.78, 5) is 45.5. The fourth-order valence-corrected chi connectivity index (χ4v) is 5.89. The fraction of sp³-hybridized carbons (Fsp3) is 0.483. The maximum Gasteiger partial charge on any atom is 0.263 e. The number of hydrogen-bond acceptors (Lipinski definition) is 5. The van der Waals surface area contributed by atoms with Gasteiger partial charge in [-0.25, -0.2) is 0 Å². The Hall–Kier alpha value is -3.35. The van der Waals surface area contributed by atoms with Crippen molar-refractivity contribution in [1.82, 2.24) is 9.80 Å². The third-order valence-corrected chi connectivity index (χ3v) is 7.87. The molecular formula is C29H35N3O4. The van der Waals surface area contributed by atoms with Gasteiger partial charge in [0, 0.05) is 37.8 Å². The van der Waals surface area contributed by atoms with Crippen molar-refractivity contribution >= 4 is 23.4 Å². The van der Waals surface area contributed by atoms with Gasteiger partial charge in [-0.1, -0.05) is 56.4 Å². The van der Waals surface area contributed by atoms with E-state index in [2.05, 4.69) is 4.90 Å². The second-order valence-corrected chi connectivity index (χ2v) is 10.0. The summed E-state index contributed by atoms with van der Waals surface area (Å²) in [5.74, 6) is 0.499. The number of amides is 3. The number of hydrogen-bond donors (Lipinski definition) is 0. The van der Waals surface area contributed by atoms with Gasteiger partial charge in [-0.05, 0) is 31.0 Å². The van der Waals surface area contributed by atoms with Gasteiger partial charge >= 0.3 is 0 Å². The van der Waals surface area contributed by atoms with Gasteiger partial charge in [0.15, 0.2) is 0 Å². The molecule has 0 N–H and O–H groups in total. The Balaban J connectivity index is 1.28. The highest BCUT2D eigenvalue weighted by molar-refractivity contribution is 6.24. The maximum absolute atomic E-state index is 13.6. The molecule has 1 saturated heterocycles. The van der Waals surface area contributed by atoms with Crippen LogP contribution in [-0.2, 0) is 11.2 Å². The molecule has 2 fully saturated rings. The molecule has 1 aliphatic carbocycles. The third-order valence-electron chi connectivity index (χ3n) is 7.87. The molecule has 3 amide bonds. The van der Waals surface area contributed by atoms with Gasteiger partial charge < -0.3 is 14.5 Å². The Kier molecular flexibility index (Phi) is 7.25. The van der Waals surface area contributed by atoms with E-state index in [-0.39, 0.29) is 23.8 Å². The average molecular weight is 490 g/mol. The van der Waals surface area contributed by atoms with Crippen LogP contribution in [0.15, 0.2) is 42.5 Å². The molecule has 3 aliphatic rings. The van der Waals surface area contributed by atoms with Gasteiger partial charge in [-0.2, -0.15) is 0 Å². The lowest BCUT2D eigenvalue weighted by Crippen LogP contribution is -2.49. The predicted octanol–water partition coefficient (Wildman–Crippen LogP) is 4.30. The molecule has 0 atom stereocenters.